The summed E-state index contributed by atoms with van der Waals surface area (Å²) in [6.07, 6.45) is 2.49. The molecule has 0 aromatic heterocycles. The lowest BCUT2D eigenvalue weighted by atomic mass is 10.2. The average Bonchev–Trinajstić information content (AvgIpc) is 2.50. The highest BCUT2D eigenvalue weighted by atomic mass is 15.1. The van der Waals surface area contributed by atoms with E-state index in [1.165, 1.54) is 12.8 Å². The minimum absolute atomic E-state index is 0.171. The Bertz CT molecular complexity index is 128. The van der Waals surface area contributed by atoms with Crippen molar-refractivity contribution in [2.75, 3.05) is 14.1 Å². The highest BCUT2D eigenvalue weighted by Gasteiger charge is 2.32. The van der Waals surface area contributed by atoms with Gasteiger partial charge in [0.15, 0.2) is 0 Å². The summed E-state index contributed by atoms with van der Waals surface area (Å²) in [6, 6.07) is 2.46. The Morgan fingerprint density at radius 3 is 2.22 bits per heavy atom. The normalized spacial score (nSPS) is 21.6. The van der Waals surface area contributed by atoms with Gasteiger partial charge in [-0.25, -0.2) is 0 Å². The lowest BCUT2D eigenvalue weighted by Gasteiger charge is -2.15. The maximum absolute atomic E-state index is 8.62. The average molecular weight is 124 g/mol. The fourth-order valence-corrected chi connectivity index (χ4v) is 1.05. The molecule has 0 aromatic rings. The van der Waals surface area contributed by atoms with E-state index >= 15 is 0 Å². The van der Waals surface area contributed by atoms with Crippen molar-refractivity contribution in [1.29, 1.82) is 5.26 Å². The Morgan fingerprint density at radius 1 is 1.56 bits per heavy atom. The fraction of sp³-hybridized carbons (Fsp3) is 0.857. The third-order valence-electron chi connectivity index (χ3n) is 1.76. The summed E-state index contributed by atoms with van der Waals surface area (Å²) in [5.74, 6) is 0.671. The second-order valence-electron chi connectivity index (χ2n) is 2.87. The molecule has 0 N–H and O–H groups in total. The number of nitrogens with zero attached hydrogens (tertiary/aromatic N) is 2. The van der Waals surface area contributed by atoms with Gasteiger partial charge >= 0.3 is 0 Å². The lowest BCUT2D eigenvalue weighted by Crippen LogP contribution is -2.27. The van der Waals surface area contributed by atoms with Crippen LogP contribution in [0, 0.1) is 17.2 Å². The van der Waals surface area contributed by atoms with E-state index in [4.69, 9.17) is 5.26 Å². The molecule has 0 aliphatic heterocycles. The Labute approximate surface area is 56.1 Å². The van der Waals surface area contributed by atoms with Gasteiger partial charge in [-0.1, -0.05) is 0 Å². The predicted molar refractivity (Wildman–Crippen MR) is 35.8 cm³/mol. The minimum atomic E-state index is 0.171. The minimum Gasteiger partial charge on any atom is -0.294 e. The first kappa shape index (κ1) is 6.57. The number of hydrogen-bond donors (Lipinski definition) is 0. The van der Waals surface area contributed by atoms with Crippen molar-refractivity contribution < 1.29 is 0 Å². The van der Waals surface area contributed by atoms with Crippen LogP contribution in [-0.4, -0.2) is 25.0 Å². The molecule has 1 aliphatic carbocycles. The molecular formula is C7H12N2. The van der Waals surface area contributed by atoms with Gasteiger partial charge in [0, 0.05) is 0 Å². The van der Waals surface area contributed by atoms with Crippen molar-refractivity contribution >= 4 is 0 Å². The molecule has 0 heterocycles. The predicted octanol–water partition coefficient (Wildman–Crippen LogP) is 0.850. The molecule has 50 valence electrons. The molecule has 1 rings (SSSR count). The van der Waals surface area contributed by atoms with Crippen molar-refractivity contribution in [2.24, 2.45) is 5.92 Å². The van der Waals surface area contributed by atoms with Gasteiger partial charge in [-0.15, -0.1) is 0 Å². The van der Waals surface area contributed by atoms with E-state index in [1.54, 1.807) is 0 Å². The van der Waals surface area contributed by atoms with Crippen LogP contribution in [0.4, 0.5) is 0 Å². The number of rotatable bonds is 2. The van der Waals surface area contributed by atoms with Gasteiger partial charge in [-0.2, -0.15) is 5.26 Å². The molecule has 9 heavy (non-hydrogen) atoms. The molecule has 0 unspecified atom stereocenters. The van der Waals surface area contributed by atoms with Crippen molar-refractivity contribution in [1.82, 2.24) is 4.90 Å². The third kappa shape index (κ3) is 1.43. The van der Waals surface area contributed by atoms with Crippen LogP contribution in [0.15, 0.2) is 0 Å². The quantitative estimate of drug-likeness (QED) is 0.545. The van der Waals surface area contributed by atoms with Crippen LogP contribution in [0.3, 0.4) is 0 Å². The van der Waals surface area contributed by atoms with Crippen molar-refractivity contribution in [3.63, 3.8) is 0 Å². The summed E-state index contributed by atoms with van der Waals surface area (Å²) in [5.41, 5.74) is 0. The van der Waals surface area contributed by atoms with Gasteiger partial charge in [0.1, 0.15) is 6.04 Å². The van der Waals surface area contributed by atoms with E-state index < -0.39 is 0 Å². The second kappa shape index (κ2) is 2.36. The Hall–Kier alpha value is -0.550. The van der Waals surface area contributed by atoms with E-state index in [0.717, 1.165) is 0 Å². The second-order valence-corrected chi connectivity index (χ2v) is 2.87. The van der Waals surface area contributed by atoms with Crippen LogP contribution >= 0.6 is 0 Å². The first-order valence-electron chi connectivity index (χ1n) is 3.31. The highest BCUT2D eigenvalue weighted by molar-refractivity contribution is 5.00. The molecule has 0 radical (unpaired) electrons. The van der Waals surface area contributed by atoms with Gasteiger partial charge in [-0.05, 0) is 32.9 Å². The summed E-state index contributed by atoms with van der Waals surface area (Å²) >= 11 is 0. The van der Waals surface area contributed by atoms with Crippen molar-refractivity contribution in [3.8, 4) is 6.07 Å². The molecule has 1 fully saturated rings. The molecule has 1 saturated carbocycles. The molecule has 0 aromatic carbocycles. The summed E-state index contributed by atoms with van der Waals surface area (Å²) in [6.45, 7) is 0. The van der Waals surface area contributed by atoms with E-state index in [1.807, 2.05) is 19.0 Å². The smallest absolute Gasteiger partial charge is 0.100 e. The molecule has 2 heteroatoms. The zero-order valence-electron chi connectivity index (χ0n) is 5.96. The van der Waals surface area contributed by atoms with E-state index in [-0.39, 0.29) is 6.04 Å². The standard InChI is InChI=1S/C7H12N2/c1-9(2)7(5-8)6-3-4-6/h6-7H,3-4H2,1-2H3/t7-/m0/s1. The van der Waals surface area contributed by atoms with E-state index in [2.05, 4.69) is 6.07 Å². The largest absolute Gasteiger partial charge is 0.294 e. The van der Waals surface area contributed by atoms with Gasteiger partial charge in [0.2, 0.25) is 0 Å². The van der Waals surface area contributed by atoms with Gasteiger partial charge < -0.3 is 0 Å². The molecule has 0 spiro atoms. The zero-order valence-corrected chi connectivity index (χ0v) is 5.96. The molecule has 0 amide bonds. The highest BCUT2D eigenvalue weighted by Crippen LogP contribution is 2.33. The van der Waals surface area contributed by atoms with Gasteiger partial charge in [0.05, 0.1) is 6.07 Å². The molecule has 1 aliphatic rings. The summed E-state index contributed by atoms with van der Waals surface area (Å²) in [7, 11) is 3.93. The summed E-state index contributed by atoms with van der Waals surface area (Å²) in [4.78, 5) is 2.00. The lowest BCUT2D eigenvalue weighted by molar-refractivity contribution is 0.322. The van der Waals surface area contributed by atoms with Gasteiger partial charge in [0.25, 0.3) is 0 Å². The molecule has 0 bridgehead atoms. The zero-order chi connectivity index (χ0) is 6.85. The van der Waals surface area contributed by atoms with Crippen LogP contribution < -0.4 is 0 Å². The summed E-state index contributed by atoms with van der Waals surface area (Å²) < 4.78 is 0. The Kier molecular flexibility index (Phi) is 1.73. The molecule has 0 saturated heterocycles. The Morgan fingerprint density at radius 2 is 2.11 bits per heavy atom. The molecular weight excluding hydrogens is 112 g/mol. The van der Waals surface area contributed by atoms with Crippen LogP contribution in [0.1, 0.15) is 12.8 Å². The maximum Gasteiger partial charge on any atom is 0.100 e. The van der Waals surface area contributed by atoms with E-state index in [9.17, 15) is 0 Å². The third-order valence-corrected chi connectivity index (χ3v) is 1.76. The molecule has 1 atom stereocenters. The van der Waals surface area contributed by atoms with Crippen LogP contribution in [0.25, 0.3) is 0 Å². The molecule has 2 nitrogen and oxygen atoms in total. The monoisotopic (exact) mass is 124 g/mol. The SMILES string of the molecule is CN(C)[C@@H](C#N)C1CC1. The topological polar surface area (TPSA) is 27.0 Å². The number of hydrogen-bond acceptors (Lipinski definition) is 2. The number of nitriles is 1. The first-order valence-corrected chi connectivity index (χ1v) is 3.31. The fourth-order valence-electron chi connectivity index (χ4n) is 1.05. The summed E-state index contributed by atoms with van der Waals surface area (Å²) in [5, 5.41) is 8.62. The van der Waals surface area contributed by atoms with E-state index in [0.29, 0.717) is 5.92 Å². The maximum atomic E-state index is 8.62. The Balaban J connectivity index is 2.40. The van der Waals surface area contributed by atoms with Gasteiger partial charge in [-0.3, -0.25) is 4.90 Å². The van der Waals surface area contributed by atoms with Crippen molar-refractivity contribution in [3.05, 3.63) is 0 Å². The van der Waals surface area contributed by atoms with Crippen LogP contribution in [0.2, 0.25) is 0 Å². The van der Waals surface area contributed by atoms with Crippen molar-refractivity contribution in [2.45, 2.75) is 18.9 Å². The van der Waals surface area contributed by atoms with Crippen LogP contribution in [0.5, 0.6) is 0 Å². The first-order chi connectivity index (χ1) is 4.25. The van der Waals surface area contributed by atoms with Crippen LogP contribution in [-0.2, 0) is 0 Å².